The number of carbonyl (C=O) groups is 1. The van der Waals surface area contributed by atoms with E-state index in [4.69, 9.17) is 0 Å². The van der Waals surface area contributed by atoms with Gasteiger partial charge in [-0.25, -0.2) is 0 Å². The first kappa shape index (κ1) is 12.6. The first-order valence-electron chi connectivity index (χ1n) is 5.21. The molecule has 6 nitrogen and oxygen atoms in total. The van der Waals surface area contributed by atoms with E-state index in [1.807, 2.05) is 0 Å². The largest absolute Gasteiger partial charge is 0.508 e. The molecule has 0 fully saturated rings. The summed E-state index contributed by atoms with van der Waals surface area (Å²) in [6.07, 6.45) is 0. The predicted octanol–water partition coefficient (Wildman–Crippen LogP) is 1.45. The number of ketones is 1. The molecule has 0 spiro atoms. The lowest BCUT2D eigenvalue weighted by molar-refractivity contribution is 0.103. The highest BCUT2D eigenvalue weighted by atomic mass is 16.3. The third-order valence-electron chi connectivity index (χ3n) is 2.56. The number of aromatic hydroxyl groups is 5. The minimum Gasteiger partial charge on any atom is -0.508 e. The van der Waals surface area contributed by atoms with E-state index in [0.717, 1.165) is 24.3 Å². The number of hydrogen-bond donors (Lipinski definition) is 5. The molecule has 2 rings (SSSR count). The van der Waals surface area contributed by atoms with Crippen LogP contribution in [0.3, 0.4) is 0 Å². The van der Waals surface area contributed by atoms with Crippen LogP contribution in [0.2, 0.25) is 0 Å². The van der Waals surface area contributed by atoms with E-state index in [1.54, 1.807) is 0 Å². The fraction of sp³-hybridized carbons (Fsp3) is 0. The predicted molar refractivity (Wildman–Crippen MR) is 64.6 cm³/mol. The van der Waals surface area contributed by atoms with Crippen LogP contribution in [0.25, 0.3) is 0 Å². The molecule has 0 atom stereocenters. The Bertz CT molecular complexity index is 639. The van der Waals surface area contributed by atoms with Gasteiger partial charge in [-0.1, -0.05) is 0 Å². The molecule has 0 bridgehead atoms. The lowest BCUT2D eigenvalue weighted by atomic mass is 10.0. The van der Waals surface area contributed by atoms with Crippen molar-refractivity contribution in [3.8, 4) is 28.7 Å². The number of benzene rings is 2. The van der Waals surface area contributed by atoms with Crippen molar-refractivity contribution in [2.45, 2.75) is 0 Å². The molecule has 0 saturated carbocycles. The topological polar surface area (TPSA) is 118 Å². The highest BCUT2D eigenvalue weighted by Gasteiger charge is 2.18. The molecule has 6 heteroatoms. The van der Waals surface area contributed by atoms with Crippen molar-refractivity contribution in [3.05, 3.63) is 41.5 Å². The lowest BCUT2D eigenvalue weighted by Crippen LogP contribution is -2.01. The van der Waals surface area contributed by atoms with Crippen LogP contribution in [-0.4, -0.2) is 31.3 Å². The molecule has 0 aliphatic heterocycles. The van der Waals surface area contributed by atoms with Gasteiger partial charge in [-0.05, 0) is 30.3 Å². The summed E-state index contributed by atoms with van der Waals surface area (Å²) in [5.74, 6) is -3.36. The molecule has 0 saturated heterocycles. The van der Waals surface area contributed by atoms with E-state index >= 15 is 0 Å². The molecular formula is C13H10O6. The van der Waals surface area contributed by atoms with Gasteiger partial charge in [0.2, 0.25) is 0 Å². The minimum atomic E-state index is -0.739. The summed E-state index contributed by atoms with van der Waals surface area (Å²) in [7, 11) is 0. The quantitative estimate of drug-likeness (QED) is 0.317. The Balaban J connectivity index is 2.53. The fourth-order valence-electron chi connectivity index (χ4n) is 1.60. The molecule has 0 amide bonds. The van der Waals surface area contributed by atoms with Crippen LogP contribution >= 0.6 is 0 Å². The Labute approximate surface area is 107 Å². The van der Waals surface area contributed by atoms with Gasteiger partial charge in [0.05, 0.1) is 5.56 Å². The molecule has 0 heterocycles. The second-order valence-electron chi connectivity index (χ2n) is 3.89. The van der Waals surface area contributed by atoms with Gasteiger partial charge in [-0.3, -0.25) is 4.79 Å². The third-order valence-corrected chi connectivity index (χ3v) is 2.56. The Morgan fingerprint density at radius 2 is 1.37 bits per heavy atom. The SMILES string of the molecule is O=C(c1cc(O)c(O)c(O)c1)c1cc(O)ccc1O. The maximum Gasteiger partial charge on any atom is 0.200 e. The molecule has 98 valence electrons. The van der Waals surface area contributed by atoms with Crippen molar-refractivity contribution in [3.63, 3.8) is 0 Å². The summed E-state index contributed by atoms with van der Waals surface area (Å²) in [5.41, 5.74) is -0.335. The Morgan fingerprint density at radius 3 is 1.95 bits per heavy atom. The first-order valence-corrected chi connectivity index (χ1v) is 5.21. The first-order chi connectivity index (χ1) is 8.90. The summed E-state index contributed by atoms with van der Waals surface area (Å²) in [5, 5.41) is 46.7. The molecule has 0 aliphatic rings. The molecule has 0 aliphatic carbocycles. The average molecular weight is 262 g/mol. The molecular weight excluding hydrogens is 252 g/mol. The van der Waals surface area contributed by atoms with Crippen LogP contribution in [0, 0.1) is 0 Å². The second-order valence-corrected chi connectivity index (χ2v) is 3.89. The summed E-state index contributed by atoms with van der Waals surface area (Å²) < 4.78 is 0. The number of hydrogen-bond acceptors (Lipinski definition) is 6. The van der Waals surface area contributed by atoms with Crippen LogP contribution in [0.1, 0.15) is 15.9 Å². The summed E-state index contributed by atoms with van der Waals surface area (Å²) >= 11 is 0. The van der Waals surface area contributed by atoms with E-state index in [9.17, 15) is 30.3 Å². The molecule has 2 aromatic carbocycles. The van der Waals surface area contributed by atoms with Gasteiger partial charge in [-0.15, -0.1) is 0 Å². The van der Waals surface area contributed by atoms with Gasteiger partial charge in [-0.2, -0.15) is 0 Å². The molecule has 0 aromatic heterocycles. The highest BCUT2D eigenvalue weighted by Crippen LogP contribution is 2.36. The Kier molecular flexibility index (Phi) is 2.92. The van der Waals surface area contributed by atoms with Gasteiger partial charge in [0.25, 0.3) is 0 Å². The van der Waals surface area contributed by atoms with E-state index in [0.29, 0.717) is 0 Å². The van der Waals surface area contributed by atoms with Gasteiger partial charge < -0.3 is 25.5 Å². The maximum absolute atomic E-state index is 12.1. The second kappa shape index (κ2) is 4.41. The van der Waals surface area contributed by atoms with Crippen molar-refractivity contribution >= 4 is 5.78 Å². The molecule has 0 unspecified atom stereocenters. The zero-order chi connectivity index (χ0) is 14.2. The lowest BCUT2D eigenvalue weighted by Gasteiger charge is -2.07. The van der Waals surface area contributed by atoms with Gasteiger partial charge in [0, 0.05) is 5.56 Å². The molecule has 5 N–H and O–H groups in total. The number of phenolic OH excluding ortho intramolecular Hbond substituents is 5. The van der Waals surface area contributed by atoms with Gasteiger partial charge >= 0.3 is 0 Å². The molecule has 0 radical (unpaired) electrons. The van der Waals surface area contributed by atoms with Gasteiger partial charge in [0.15, 0.2) is 23.0 Å². The van der Waals surface area contributed by atoms with Crippen molar-refractivity contribution in [2.24, 2.45) is 0 Å². The number of rotatable bonds is 2. The van der Waals surface area contributed by atoms with Crippen molar-refractivity contribution in [2.75, 3.05) is 0 Å². The Morgan fingerprint density at radius 1 is 0.789 bits per heavy atom. The van der Waals surface area contributed by atoms with Crippen molar-refractivity contribution in [1.82, 2.24) is 0 Å². The number of phenols is 5. The van der Waals surface area contributed by atoms with Crippen LogP contribution in [0.15, 0.2) is 30.3 Å². The summed E-state index contributed by atoms with van der Waals surface area (Å²) in [4.78, 5) is 12.1. The van der Waals surface area contributed by atoms with E-state index in [-0.39, 0.29) is 22.6 Å². The summed E-state index contributed by atoms with van der Waals surface area (Å²) in [6, 6.07) is 5.29. The maximum atomic E-state index is 12.1. The van der Waals surface area contributed by atoms with Crippen LogP contribution in [-0.2, 0) is 0 Å². The van der Waals surface area contributed by atoms with Crippen LogP contribution in [0.5, 0.6) is 28.7 Å². The van der Waals surface area contributed by atoms with Crippen LogP contribution < -0.4 is 0 Å². The zero-order valence-corrected chi connectivity index (χ0v) is 9.53. The highest BCUT2D eigenvalue weighted by molar-refractivity contribution is 6.11. The van der Waals surface area contributed by atoms with Gasteiger partial charge in [0.1, 0.15) is 11.5 Å². The molecule has 19 heavy (non-hydrogen) atoms. The smallest absolute Gasteiger partial charge is 0.200 e. The monoisotopic (exact) mass is 262 g/mol. The van der Waals surface area contributed by atoms with Crippen LogP contribution in [0.4, 0.5) is 0 Å². The number of carbonyl (C=O) groups excluding carboxylic acids is 1. The van der Waals surface area contributed by atoms with E-state index in [1.165, 1.54) is 6.07 Å². The third kappa shape index (κ3) is 2.23. The Hall–Kier alpha value is -2.89. The van der Waals surface area contributed by atoms with E-state index < -0.39 is 23.0 Å². The van der Waals surface area contributed by atoms with Crippen molar-refractivity contribution < 1.29 is 30.3 Å². The standard InChI is InChI=1S/C13H10O6/c14-7-1-2-9(15)8(5-7)12(18)6-3-10(16)13(19)11(17)4-6/h1-5,14-17,19H. The molecule has 2 aromatic rings. The summed E-state index contributed by atoms with van der Waals surface area (Å²) in [6.45, 7) is 0. The average Bonchev–Trinajstić information content (AvgIpc) is 2.37. The normalized spacial score (nSPS) is 10.3. The van der Waals surface area contributed by atoms with E-state index in [2.05, 4.69) is 0 Å². The minimum absolute atomic E-state index is 0.145. The fourth-order valence-corrected chi connectivity index (χ4v) is 1.60. The zero-order valence-electron chi connectivity index (χ0n) is 9.53. The van der Waals surface area contributed by atoms with Crippen molar-refractivity contribution in [1.29, 1.82) is 0 Å².